The second-order valence-electron chi connectivity index (χ2n) is 6.40. The number of nitrogens with one attached hydrogen (secondary N) is 2. The van der Waals surface area contributed by atoms with Gasteiger partial charge in [0.15, 0.2) is 11.5 Å². The molecule has 0 spiro atoms. The molecule has 0 saturated carbocycles. The van der Waals surface area contributed by atoms with Gasteiger partial charge < -0.3 is 14.8 Å². The Balaban J connectivity index is 1.89. The van der Waals surface area contributed by atoms with Crippen LogP contribution < -0.4 is 19.5 Å². The van der Waals surface area contributed by atoms with Gasteiger partial charge in [-0.05, 0) is 48.5 Å². The van der Waals surface area contributed by atoms with E-state index in [0.29, 0.717) is 22.2 Å². The number of methoxy groups -OCH3 is 2. The number of ether oxygens (including phenoxy) is 2. The third-order valence-corrected chi connectivity index (χ3v) is 6.71. The smallest absolute Gasteiger partial charge is 0.263 e. The SMILES string of the molecule is COc1ccc(NC(=O)c2ccc(Cl)c(S(=O)(=O)Nc3cc(Cl)ccc3Cl)c2)cc1OC. The Kier molecular flexibility index (Phi) is 7.40. The summed E-state index contributed by atoms with van der Waals surface area (Å²) in [6, 6.07) is 13.1. The molecule has 1 amide bonds. The molecule has 7 nitrogen and oxygen atoms in total. The first-order valence-electron chi connectivity index (χ1n) is 8.95. The van der Waals surface area contributed by atoms with Crippen molar-refractivity contribution in [3.05, 3.63) is 75.2 Å². The fourth-order valence-corrected chi connectivity index (χ4v) is 4.73. The topological polar surface area (TPSA) is 93.7 Å². The monoisotopic (exact) mass is 514 g/mol. The van der Waals surface area contributed by atoms with Crippen molar-refractivity contribution in [2.45, 2.75) is 4.90 Å². The molecular weight excluding hydrogens is 499 g/mol. The molecule has 0 aromatic heterocycles. The van der Waals surface area contributed by atoms with Gasteiger partial charge in [0.1, 0.15) is 4.90 Å². The molecule has 0 aliphatic heterocycles. The van der Waals surface area contributed by atoms with Gasteiger partial charge in [-0.1, -0.05) is 34.8 Å². The van der Waals surface area contributed by atoms with E-state index in [-0.39, 0.29) is 26.2 Å². The van der Waals surface area contributed by atoms with Crippen LogP contribution in [0.2, 0.25) is 15.1 Å². The van der Waals surface area contributed by atoms with Crippen LogP contribution in [0.1, 0.15) is 10.4 Å². The van der Waals surface area contributed by atoms with Crippen LogP contribution in [-0.2, 0) is 10.0 Å². The van der Waals surface area contributed by atoms with Crippen molar-refractivity contribution in [3.63, 3.8) is 0 Å². The molecule has 0 aliphatic carbocycles. The zero-order valence-electron chi connectivity index (χ0n) is 16.8. The summed E-state index contributed by atoms with van der Waals surface area (Å²) in [5.74, 6) is 0.370. The second-order valence-corrected chi connectivity index (χ2v) is 9.30. The number of anilines is 2. The van der Waals surface area contributed by atoms with Crippen molar-refractivity contribution in [2.75, 3.05) is 24.3 Å². The Morgan fingerprint density at radius 3 is 2.22 bits per heavy atom. The van der Waals surface area contributed by atoms with Crippen LogP contribution >= 0.6 is 34.8 Å². The highest BCUT2D eigenvalue weighted by atomic mass is 35.5. The highest BCUT2D eigenvalue weighted by Crippen LogP contribution is 2.32. The van der Waals surface area contributed by atoms with E-state index >= 15 is 0 Å². The van der Waals surface area contributed by atoms with E-state index in [1.165, 1.54) is 50.6 Å². The summed E-state index contributed by atoms with van der Waals surface area (Å²) in [5.41, 5.74) is 0.577. The van der Waals surface area contributed by atoms with Gasteiger partial charge >= 0.3 is 0 Å². The number of amides is 1. The zero-order chi connectivity index (χ0) is 23.5. The maximum absolute atomic E-state index is 12.9. The number of carbonyl (C=O) groups is 1. The molecule has 0 radical (unpaired) electrons. The predicted octanol–water partition coefficient (Wildman–Crippen LogP) is 5.72. The van der Waals surface area contributed by atoms with E-state index in [2.05, 4.69) is 10.0 Å². The molecule has 0 unspecified atom stereocenters. The average Bonchev–Trinajstić information content (AvgIpc) is 2.76. The summed E-state index contributed by atoms with van der Waals surface area (Å²) in [4.78, 5) is 12.4. The van der Waals surface area contributed by atoms with Gasteiger partial charge in [0.2, 0.25) is 0 Å². The molecular formula is C21H17Cl3N2O5S. The maximum Gasteiger partial charge on any atom is 0.263 e. The van der Waals surface area contributed by atoms with Crippen molar-refractivity contribution in [1.29, 1.82) is 0 Å². The largest absolute Gasteiger partial charge is 0.493 e. The Bertz CT molecular complexity index is 1280. The molecule has 3 aromatic rings. The lowest BCUT2D eigenvalue weighted by Crippen LogP contribution is -2.16. The summed E-state index contributed by atoms with van der Waals surface area (Å²) in [5, 5.41) is 3.05. The quantitative estimate of drug-likeness (QED) is 0.420. The summed E-state index contributed by atoms with van der Waals surface area (Å²) in [6.07, 6.45) is 0. The van der Waals surface area contributed by atoms with Crippen molar-refractivity contribution in [3.8, 4) is 11.5 Å². The van der Waals surface area contributed by atoms with Crippen LogP contribution in [-0.4, -0.2) is 28.5 Å². The first kappa shape index (κ1) is 24.0. The number of hydrogen-bond acceptors (Lipinski definition) is 5. The summed E-state index contributed by atoms with van der Waals surface area (Å²) in [6.45, 7) is 0. The lowest BCUT2D eigenvalue weighted by Gasteiger charge is -2.13. The van der Waals surface area contributed by atoms with Crippen LogP contribution in [0.4, 0.5) is 11.4 Å². The summed E-state index contributed by atoms with van der Waals surface area (Å²) in [7, 11) is -1.21. The maximum atomic E-state index is 12.9. The van der Waals surface area contributed by atoms with Crippen LogP contribution in [0.3, 0.4) is 0 Å². The molecule has 0 fully saturated rings. The number of sulfonamides is 1. The average molecular weight is 516 g/mol. The molecule has 0 saturated heterocycles. The van der Waals surface area contributed by atoms with Gasteiger partial charge in [0.05, 0.1) is 30.0 Å². The minimum Gasteiger partial charge on any atom is -0.493 e. The normalized spacial score (nSPS) is 11.0. The molecule has 3 rings (SSSR count). The van der Waals surface area contributed by atoms with Crippen LogP contribution in [0, 0.1) is 0 Å². The molecule has 32 heavy (non-hydrogen) atoms. The number of carbonyl (C=O) groups excluding carboxylic acids is 1. The molecule has 2 N–H and O–H groups in total. The van der Waals surface area contributed by atoms with Gasteiger partial charge in [0.25, 0.3) is 15.9 Å². The Labute approximate surface area is 200 Å². The molecule has 3 aromatic carbocycles. The van der Waals surface area contributed by atoms with E-state index in [4.69, 9.17) is 44.3 Å². The fraction of sp³-hybridized carbons (Fsp3) is 0.0952. The van der Waals surface area contributed by atoms with Gasteiger partial charge in [-0.2, -0.15) is 0 Å². The molecule has 168 valence electrons. The summed E-state index contributed by atoms with van der Waals surface area (Å²) >= 11 is 18.1. The minimum atomic E-state index is -4.17. The van der Waals surface area contributed by atoms with Crippen LogP contribution in [0.15, 0.2) is 59.5 Å². The highest BCUT2D eigenvalue weighted by Gasteiger charge is 2.22. The second kappa shape index (κ2) is 9.87. The van der Waals surface area contributed by atoms with E-state index in [9.17, 15) is 13.2 Å². The van der Waals surface area contributed by atoms with Gasteiger partial charge in [0, 0.05) is 22.3 Å². The Morgan fingerprint density at radius 2 is 1.53 bits per heavy atom. The molecule has 0 aliphatic rings. The Morgan fingerprint density at radius 1 is 0.844 bits per heavy atom. The van der Waals surface area contributed by atoms with E-state index in [1.54, 1.807) is 18.2 Å². The van der Waals surface area contributed by atoms with Crippen molar-refractivity contribution in [2.24, 2.45) is 0 Å². The van der Waals surface area contributed by atoms with Gasteiger partial charge in [-0.15, -0.1) is 0 Å². The van der Waals surface area contributed by atoms with E-state index in [1.807, 2.05) is 0 Å². The third-order valence-electron chi connectivity index (χ3n) is 4.30. The lowest BCUT2D eigenvalue weighted by atomic mass is 10.2. The number of halogens is 3. The van der Waals surface area contributed by atoms with Crippen LogP contribution in [0.25, 0.3) is 0 Å². The number of hydrogen-bond donors (Lipinski definition) is 2. The molecule has 11 heteroatoms. The molecule has 0 bridgehead atoms. The fourth-order valence-electron chi connectivity index (χ4n) is 2.74. The molecule has 0 atom stereocenters. The first-order chi connectivity index (χ1) is 15.1. The third kappa shape index (κ3) is 5.39. The minimum absolute atomic E-state index is 0.0710. The standard InChI is InChI=1S/C21H17Cl3N2O5S/c1-30-18-8-5-14(11-19(18)31-2)25-21(27)12-3-6-16(24)20(9-12)32(28,29)26-17-10-13(22)4-7-15(17)23/h3-11,26H,1-2H3,(H,25,27). The number of benzene rings is 3. The summed E-state index contributed by atoms with van der Waals surface area (Å²) < 4.78 is 38.5. The number of rotatable bonds is 7. The Hall–Kier alpha value is -2.65. The van der Waals surface area contributed by atoms with Crippen molar-refractivity contribution in [1.82, 2.24) is 0 Å². The van der Waals surface area contributed by atoms with Crippen LogP contribution in [0.5, 0.6) is 11.5 Å². The van der Waals surface area contributed by atoms with Crippen molar-refractivity contribution >= 4 is 62.1 Å². The first-order valence-corrected chi connectivity index (χ1v) is 11.6. The predicted molar refractivity (Wildman–Crippen MR) is 126 cm³/mol. The molecule has 0 heterocycles. The van der Waals surface area contributed by atoms with E-state index < -0.39 is 15.9 Å². The zero-order valence-corrected chi connectivity index (χ0v) is 19.9. The lowest BCUT2D eigenvalue weighted by molar-refractivity contribution is 0.102. The highest BCUT2D eigenvalue weighted by molar-refractivity contribution is 7.92. The van der Waals surface area contributed by atoms with Gasteiger partial charge in [-0.25, -0.2) is 8.42 Å². The van der Waals surface area contributed by atoms with E-state index in [0.717, 1.165) is 0 Å². The van der Waals surface area contributed by atoms with Gasteiger partial charge in [-0.3, -0.25) is 9.52 Å². The van der Waals surface area contributed by atoms with Crippen molar-refractivity contribution < 1.29 is 22.7 Å².